The molecule has 0 atom stereocenters. The predicted molar refractivity (Wildman–Crippen MR) is 98.9 cm³/mol. The van der Waals surface area contributed by atoms with Crippen LogP contribution in [0.5, 0.6) is 5.75 Å². The Morgan fingerprint density at radius 3 is 2.52 bits per heavy atom. The minimum absolute atomic E-state index is 0.00807. The van der Waals surface area contributed by atoms with Crippen molar-refractivity contribution in [3.8, 4) is 5.75 Å². The van der Waals surface area contributed by atoms with E-state index in [9.17, 15) is 9.59 Å². The van der Waals surface area contributed by atoms with E-state index in [-0.39, 0.29) is 11.8 Å². The van der Waals surface area contributed by atoms with Gasteiger partial charge in [0.05, 0.1) is 13.5 Å². The van der Waals surface area contributed by atoms with E-state index >= 15 is 0 Å². The highest BCUT2D eigenvalue weighted by atomic mass is 16.5. The lowest BCUT2D eigenvalue weighted by Gasteiger charge is -2.12. The maximum Gasteiger partial charge on any atom is 0.224 e. The minimum Gasteiger partial charge on any atom is -0.496 e. The van der Waals surface area contributed by atoms with Gasteiger partial charge in [0.2, 0.25) is 11.8 Å². The number of rotatable bonds is 7. The Balaban J connectivity index is 1.93. The van der Waals surface area contributed by atoms with Crippen LogP contribution in [0.3, 0.4) is 0 Å². The van der Waals surface area contributed by atoms with Crippen molar-refractivity contribution in [1.82, 2.24) is 5.32 Å². The van der Waals surface area contributed by atoms with Gasteiger partial charge in [0.1, 0.15) is 5.75 Å². The molecule has 2 N–H and O–H groups in total. The number of anilines is 1. The molecule has 0 radical (unpaired) electrons. The Hall–Kier alpha value is -2.82. The number of hydrogen-bond donors (Lipinski definition) is 2. The van der Waals surface area contributed by atoms with Crippen molar-refractivity contribution >= 4 is 17.5 Å². The van der Waals surface area contributed by atoms with Crippen LogP contribution in [0, 0.1) is 6.92 Å². The monoisotopic (exact) mass is 340 g/mol. The summed E-state index contributed by atoms with van der Waals surface area (Å²) in [6, 6.07) is 13.3. The van der Waals surface area contributed by atoms with Gasteiger partial charge in [-0.1, -0.05) is 24.3 Å². The second-order valence-electron chi connectivity index (χ2n) is 5.91. The Morgan fingerprint density at radius 2 is 1.84 bits per heavy atom. The van der Waals surface area contributed by atoms with Crippen molar-refractivity contribution in [2.24, 2.45) is 0 Å². The Labute approximate surface area is 148 Å². The fourth-order valence-electron chi connectivity index (χ4n) is 2.64. The van der Waals surface area contributed by atoms with Crippen molar-refractivity contribution in [1.29, 1.82) is 0 Å². The summed E-state index contributed by atoms with van der Waals surface area (Å²) in [5, 5.41) is 5.69. The summed E-state index contributed by atoms with van der Waals surface area (Å²) in [6.45, 7) is 3.97. The minimum atomic E-state index is -0.123. The summed E-state index contributed by atoms with van der Waals surface area (Å²) in [4.78, 5) is 23.3. The molecule has 0 unspecified atom stereocenters. The van der Waals surface area contributed by atoms with Crippen LogP contribution in [0.15, 0.2) is 42.5 Å². The second kappa shape index (κ2) is 8.87. The topological polar surface area (TPSA) is 67.4 Å². The zero-order valence-corrected chi connectivity index (χ0v) is 14.9. The number of methoxy groups -OCH3 is 1. The van der Waals surface area contributed by atoms with Gasteiger partial charge in [-0.25, -0.2) is 0 Å². The maximum absolute atomic E-state index is 12.1. The molecule has 0 spiro atoms. The standard InChI is InChI=1S/C20H24N2O3/c1-14-6-4-5-7-16(14)13-20(24)21-11-10-17-12-18(22-15(2)23)8-9-19(17)25-3/h4-9,12H,10-11,13H2,1-3H3,(H,21,24)(H,22,23). The molecule has 0 aliphatic heterocycles. The molecule has 5 nitrogen and oxygen atoms in total. The molecule has 132 valence electrons. The van der Waals surface area contributed by atoms with E-state index in [1.165, 1.54) is 6.92 Å². The predicted octanol–water partition coefficient (Wildman–Crippen LogP) is 2.86. The number of aryl methyl sites for hydroxylation is 1. The van der Waals surface area contributed by atoms with Gasteiger partial charge in [-0.05, 0) is 48.2 Å². The molecular weight excluding hydrogens is 316 g/mol. The lowest BCUT2D eigenvalue weighted by Crippen LogP contribution is -2.27. The highest BCUT2D eigenvalue weighted by Crippen LogP contribution is 2.23. The molecule has 2 amide bonds. The van der Waals surface area contributed by atoms with E-state index in [2.05, 4.69) is 10.6 Å². The molecule has 0 aromatic heterocycles. The van der Waals surface area contributed by atoms with Crippen LogP contribution in [0.2, 0.25) is 0 Å². The van der Waals surface area contributed by atoms with Gasteiger partial charge in [0, 0.05) is 19.2 Å². The molecule has 0 bridgehead atoms. The average Bonchev–Trinajstić information content (AvgIpc) is 2.57. The molecule has 2 aromatic rings. The van der Waals surface area contributed by atoms with Crippen LogP contribution in [0.25, 0.3) is 0 Å². The van der Waals surface area contributed by atoms with Crippen molar-refractivity contribution in [3.63, 3.8) is 0 Å². The maximum atomic E-state index is 12.1. The Morgan fingerprint density at radius 1 is 1.08 bits per heavy atom. The van der Waals surface area contributed by atoms with E-state index in [1.807, 2.05) is 43.3 Å². The number of benzene rings is 2. The second-order valence-corrected chi connectivity index (χ2v) is 5.91. The average molecular weight is 340 g/mol. The van der Waals surface area contributed by atoms with E-state index in [1.54, 1.807) is 13.2 Å². The van der Waals surface area contributed by atoms with E-state index in [4.69, 9.17) is 4.74 Å². The molecule has 0 heterocycles. The van der Waals surface area contributed by atoms with Gasteiger partial charge in [-0.2, -0.15) is 0 Å². The van der Waals surface area contributed by atoms with Crippen LogP contribution in [-0.2, 0) is 22.4 Å². The number of nitrogens with one attached hydrogen (secondary N) is 2. The third-order valence-corrected chi connectivity index (χ3v) is 3.93. The van der Waals surface area contributed by atoms with Crippen molar-refractivity contribution in [2.75, 3.05) is 19.0 Å². The summed E-state index contributed by atoms with van der Waals surface area (Å²) in [5.74, 6) is 0.608. The van der Waals surface area contributed by atoms with Gasteiger partial charge in [-0.15, -0.1) is 0 Å². The number of carbonyl (C=O) groups is 2. The van der Waals surface area contributed by atoms with Gasteiger partial charge >= 0.3 is 0 Å². The van der Waals surface area contributed by atoms with Crippen LogP contribution < -0.4 is 15.4 Å². The zero-order chi connectivity index (χ0) is 18.2. The highest BCUT2D eigenvalue weighted by molar-refractivity contribution is 5.88. The number of ether oxygens (including phenoxy) is 1. The molecule has 2 aromatic carbocycles. The number of carbonyl (C=O) groups excluding carboxylic acids is 2. The first-order valence-corrected chi connectivity index (χ1v) is 8.25. The van der Waals surface area contributed by atoms with Crippen molar-refractivity contribution in [2.45, 2.75) is 26.7 Å². The first-order valence-electron chi connectivity index (χ1n) is 8.25. The van der Waals surface area contributed by atoms with E-state index < -0.39 is 0 Å². The molecular formula is C20H24N2O3. The first-order chi connectivity index (χ1) is 12.0. The summed E-state index contributed by atoms with van der Waals surface area (Å²) < 4.78 is 5.35. The summed E-state index contributed by atoms with van der Waals surface area (Å²) in [7, 11) is 1.60. The van der Waals surface area contributed by atoms with Crippen LogP contribution >= 0.6 is 0 Å². The molecule has 5 heteroatoms. The molecule has 25 heavy (non-hydrogen) atoms. The normalized spacial score (nSPS) is 10.2. The molecule has 0 saturated carbocycles. The molecule has 0 saturated heterocycles. The van der Waals surface area contributed by atoms with E-state index in [0.717, 1.165) is 28.1 Å². The quantitative estimate of drug-likeness (QED) is 0.814. The fraction of sp³-hybridized carbons (Fsp3) is 0.300. The van der Waals surface area contributed by atoms with E-state index in [0.29, 0.717) is 19.4 Å². The summed E-state index contributed by atoms with van der Waals surface area (Å²) in [6.07, 6.45) is 0.992. The lowest BCUT2D eigenvalue weighted by atomic mass is 10.1. The first kappa shape index (κ1) is 18.5. The van der Waals surface area contributed by atoms with Crippen molar-refractivity contribution in [3.05, 3.63) is 59.2 Å². The Bertz CT molecular complexity index is 756. The van der Waals surface area contributed by atoms with Gasteiger partial charge in [0.25, 0.3) is 0 Å². The molecule has 0 aliphatic carbocycles. The zero-order valence-electron chi connectivity index (χ0n) is 14.9. The van der Waals surface area contributed by atoms with Crippen LogP contribution in [-0.4, -0.2) is 25.5 Å². The SMILES string of the molecule is COc1ccc(NC(C)=O)cc1CCNC(=O)Cc1ccccc1C. The smallest absolute Gasteiger partial charge is 0.224 e. The molecule has 0 aliphatic rings. The summed E-state index contributed by atoms with van der Waals surface area (Å²) >= 11 is 0. The number of hydrogen-bond acceptors (Lipinski definition) is 3. The van der Waals surface area contributed by atoms with Gasteiger partial charge in [-0.3, -0.25) is 9.59 Å². The molecule has 0 fully saturated rings. The lowest BCUT2D eigenvalue weighted by molar-refractivity contribution is -0.120. The third kappa shape index (κ3) is 5.64. The van der Waals surface area contributed by atoms with Gasteiger partial charge in [0.15, 0.2) is 0 Å². The largest absolute Gasteiger partial charge is 0.496 e. The fourth-order valence-corrected chi connectivity index (χ4v) is 2.64. The van der Waals surface area contributed by atoms with Gasteiger partial charge < -0.3 is 15.4 Å². The number of amides is 2. The highest BCUT2D eigenvalue weighted by Gasteiger charge is 2.08. The van der Waals surface area contributed by atoms with Crippen molar-refractivity contribution < 1.29 is 14.3 Å². The Kier molecular flexibility index (Phi) is 6.57. The van der Waals surface area contributed by atoms with Crippen LogP contribution in [0.4, 0.5) is 5.69 Å². The molecule has 2 rings (SSSR count). The van der Waals surface area contributed by atoms with Crippen LogP contribution in [0.1, 0.15) is 23.6 Å². The third-order valence-electron chi connectivity index (χ3n) is 3.93. The summed E-state index contributed by atoms with van der Waals surface area (Å²) in [5.41, 5.74) is 3.80.